The number of rotatable bonds is 1. The van der Waals surface area contributed by atoms with E-state index in [4.69, 9.17) is 4.74 Å². The van der Waals surface area contributed by atoms with Crippen LogP contribution in [-0.2, 0) is 9.53 Å². The summed E-state index contributed by atoms with van der Waals surface area (Å²) in [6.45, 7) is 7.81. The summed E-state index contributed by atoms with van der Waals surface area (Å²) in [6.07, 6.45) is 0.746. The third-order valence-corrected chi connectivity index (χ3v) is 3.90. The number of nitrogens with zero attached hydrogens (tertiary/aromatic N) is 2. The van der Waals surface area contributed by atoms with E-state index in [-0.39, 0.29) is 17.6 Å². The number of morpholine rings is 1. The summed E-state index contributed by atoms with van der Waals surface area (Å²) >= 11 is 0. The predicted octanol–water partition coefficient (Wildman–Crippen LogP) is 1.01. The number of hydrogen-bond acceptors (Lipinski definition) is 3. The molecule has 6 heteroatoms. The van der Waals surface area contributed by atoms with Crippen LogP contribution in [0.4, 0.5) is 4.79 Å². The summed E-state index contributed by atoms with van der Waals surface area (Å²) in [5.41, 5.74) is -0.363. The lowest BCUT2D eigenvalue weighted by Crippen LogP contribution is -2.56. The molecule has 0 aromatic carbocycles. The minimum Gasteiger partial charge on any atom is -0.480 e. The lowest BCUT2D eigenvalue weighted by atomic mass is 10.0. The minimum absolute atomic E-state index is 0.00972. The van der Waals surface area contributed by atoms with Crippen molar-refractivity contribution in [3.8, 4) is 0 Å². The van der Waals surface area contributed by atoms with E-state index in [1.54, 1.807) is 4.90 Å². The van der Waals surface area contributed by atoms with E-state index in [1.807, 2.05) is 20.8 Å². The smallest absolute Gasteiger partial charge is 0.326 e. The van der Waals surface area contributed by atoms with Gasteiger partial charge in [-0.1, -0.05) is 6.92 Å². The highest BCUT2D eigenvalue weighted by atomic mass is 16.5. The topological polar surface area (TPSA) is 70.1 Å². The highest BCUT2D eigenvalue weighted by molar-refractivity contribution is 5.83. The fourth-order valence-electron chi connectivity index (χ4n) is 2.90. The zero-order valence-corrected chi connectivity index (χ0v) is 11.8. The molecule has 2 aliphatic rings. The molecule has 2 unspecified atom stereocenters. The highest BCUT2D eigenvalue weighted by Gasteiger charge is 2.42. The van der Waals surface area contributed by atoms with Crippen LogP contribution in [0, 0.1) is 5.92 Å². The normalized spacial score (nSPS) is 30.5. The van der Waals surface area contributed by atoms with Gasteiger partial charge in [0.05, 0.1) is 18.8 Å². The SMILES string of the molecule is CC1CCN(C(=O)N2CCOC(C)(C)C2)C1C(=O)O. The lowest BCUT2D eigenvalue weighted by Gasteiger charge is -2.40. The number of aliphatic carboxylic acids is 1. The lowest BCUT2D eigenvalue weighted by molar-refractivity contribution is -0.142. The second-order valence-electron chi connectivity index (χ2n) is 6.05. The first-order chi connectivity index (χ1) is 8.82. The quantitative estimate of drug-likeness (QED) is 0.772. The zero-order valence-electron chi connectivity index (χ0n) is 11.8. The average molecular weight is 270 g/mol. The van der Waals surface area contributed by atoms with Gasteiger partial charge in [0.25, 0.3) is 0 Å². The van der Waals surface area contributed by atoms with Gasteiger partial charge >= 0.3 is 12.0 Å². The van der Waals surface area contributed by atoms with Crippen molar-refractivity contribution >= 4 is 12.0 Å². The molecule has 2 aliphatic heterocycles. The van der Waals surface area contributed by atoms with Crippen LogP contribution in [0.5, 0.6) is 0 Å². The van der Waals surface area contributed by atoms with Crippen molar-refractivity contribution in [2.75, 3.05) is 26.2 Å². The molecule has 108 valence electrons. The number of carbonyl (C=O) groups is 2. The molecule has 0 radical (unpaired) electrons. The Balaban J connectivity index is 2.09. The highest BCUT2D eigenvalue weighted by Crippen LogP contribution is 2.27. The first-order valence-electron chi connectivity index (χ1n) is 6.74. The molecule has 19 heavy (non-hydrogen) atoms. The Labute approximate surface area is 113 Å². The van der Waals surface area contributed by atoms with Crippen molar-refractivity contribution in [3.63, 3.8) is 0 Å². The van der Waals surface area contributed by atoms with Gasteiger partial charge in [-0.2, -0.15) is 0 Å². The number of amides is 2. The van der Waals surface area contributed by atoms with E-state index >= 15 is 0 Å². The van der Waals surface area contributed by atoms with Gasteiger partial charge in [0, 0.05) is 13.1 Å². The minimum atomic E-state index is -0.911. The number of ether oxygens (including phenoxy) is 1. The maximum Gasteiger partial charge on any atom is 0.326 e. The molecule has 2 atom stereocenters. The van der Waals surface area contributed by atoms with Gasteiger partial charge in [-0.25, -0.2) is 9.59 Å². The standard InChI is InChI=1S/C13H22N2O4/c1-9-4-5-15(10(9)11(16)17)12(18)14-6-7-19-13(2,3)8-14/h9-10H,4-8H2,1-3H3,(H,16,17). The third-order valence-electron chi connectivity index (χ3n) is 3.90. The van der Waals surface area contributed by atoms with Crippen LogP contribution in [0.25, 0.3) is 0 Å². The summed E-state index contributed by atoms with van der Waals surface area (Å²) < 4.78 is 5.58. The fraction of sp³-hybridized carbons (Fsp3) is 0.846. The van der Waals surface area contributed by atoms with Crippen LogP contribution in [0.15, 0.2) is 0 Å². The van der Waals surface area contributed by atoms with Crippen LogP contribution in [0.3, 0.4) is 0 Å². The Morgan fingerprint density at radius 3 is 2.58 bits per heavy atom. The number of carboxylic acid groups (broad SMARTS) is 1. The Kier molecular flexibility index (Phi) is 3.71. The average Bonchev–Trinajstić information content (AvgIpc) is 2.68. The molecule has 2 saturated heterocycles. The van der Waals surface area contributed by atoms with Crippen LogP contribution in [-0.4, -0.2) is 64.8 Å². The summed E-state index contributed by atoms with van der Waals surface area (Å²) in [5.74, 6) is -0.902. The molecule has 0 aromatic rings. The number of carbonyl (C=O) groups excluding carboxylic acids is 1. The molecular weight excluding hydrogens is 248 g/mol. The molecule has 0 saturated carbocycles. The van der Waals surface area contributed by atoms with Crippen LogP contribution >= 0.6 is 0 Å². The van der Waals surface area contributed by atoms with Crippen LogP contribution in [0.1, 0.15) is 27.2 Å². The van der Waals surface area contributed by atoms with Gasteiger partial charge in [0.1, 0.15) is 6.04 Å². The van der Waals surface area contributed by atoms with Crippen molar-refractivity contribution in [2.45, 2.75) is 38.8 Å². The van der Waals surface area contributed by atoms with Gasteiger partial charge in [-0.15, -0.1) is 0 Å². The Hall–Kier alpha value is -1.30. The molecule has 0 aliphatic carbocycles. The number of urea groups is 1. The van der Waals surface area contributed by atoms with Crippen molar-refractivity contribution in [1.82, 2.24) is 9.80 Å². The van der Waals surface area contributed by atoms with E-state index in [9.17, 15) is 14.7 Å². The summed E-state index contributed by atoms with van der Waals surface area (Å²) in [4.78, 5) is 27.0. The van der Waals surface area contributed by atoms with Crippen molar-refractivity contribution in [3.05, 3.63) is 0 Å². The van der Waals surface area contributed by atoms with E-state index in [2.05, 4.69) is 0 Å². The first-order valence-corrected chi connectivity index (χ1v) is 6.74. The molecule has 6 nitrogen and oxygen atoms in total. The summed E-state index contributed by atoms with van der Waals surface area (Å²) in [5, 5.41) is 9.27. The molecule has 1 N–H and O–H groups in total. The second kappa shape index (κ2) is 5.00. The predicted molar refractivity (Wildman–Crippen MR) is 68.9 cm³/mol. The van der Waals surface area contributed by atoms with E-state index in [1.165, 1.54) is 4.90 Å². The number of hydrogen-bond donors (Lipinski definition) is 1. The van der Waals surface area contributed by atoms with Crippen molar-refractivity contribution < 1.29 is 19.4 Å². The second-order valence-corrected chi connectivity index (χ2v) is 6.05. The van der Waals surface area contributed by atoms with Gasteiger partial charge in [0.15, 0.2) is 0 Å². The van der Waals surface area contributed by atoms with Crippen molar-refractivity contribution in [1.29, 1.82) is 0 Å². The molecular formula is C13H22N2O4. The van der Waals surface area contributed by atoms with E-state index in [0.29, 0.717) is 26.2 Å². The Bertz CT molecular complexity index is 383. The Morgan fingerprint density at radius 1 is 1.32 bits per heavy atom. The van der Waals surface area contributed by atoms with E-state index < -0.39 is 12.0 Å². The largest absolute Gasteiger partial charge is 0.480 e. The van der Waals surface area contributed by atoms with Gasteiger partial charge < -0.3 is 19.6 Å². The maximum atomic E-state index is 12.5. The summed E-state index contributed by atoms with van der Waals surface area (Å²) in [6, 6.07) is -0.869. The summed E-state index contributed by atoms with van der Waals surface area (Å²) in [7, 11) is 0. The zero-order chi connectivity index (χ0) is 14.2. The van der Waals surface area contributed by atoms with Gasteiger partial charge in [0.2, 0.25) is 0 Å². The van der Waals surface area contributed by atoms with Crippen LogP contribution < -0.4 is 0 Å². The maximum absolute atomic E-state index is 12.5. The molecule has 2 fully saturated rings. The van der Waals surface area contributed by atoms with Gasteiger partial charge in [-0.3, -0.25) is 0 Å². The van der Waals surface area contributed by atoms with Crippen molar-refractivity contribution in [2.24, 2.45) is 5.92 Å². The van der Waals surface area contributed by atoms with E-state index in [0.717, 1.165) is 6.42 Å². The molecule has 2 amide bonds. The molecule has 0 bridgehead atoms. The number of likely N-dealkylation sites (tertiary alicyclic amines) is 1. The Morgan fingerprint density at radius 2 is 2.00 bits per heavy atom. The first kappa shape index (κ1) is 14.1. The molecule has 0 aromatic heterocycles. The van der Waals surface area contributed by atoms with Gasteiger partial charge in [-0.05, 0) is 26.2 Å². The third kappa shape index (κ3) is 2.83. The molecule has 2 heterocycles. The fourth-order valence-corrected chi connectivity index (χ4v) is 2.90. The van der Waals surface area contributed by atoms with Crippen LogP contribution in [0.2, 0.25) is 0 Å². The molecule has 2 rings (SSSR count). The molecule has 0 spiro atoms. The number of carboxylic acids is 1. The monoisotopic (exact) mass is 270 g/mol.